The Balaban J connectivity index is 1.38. The molecule has 4 heterocycles. The summed E-state index contributed by atoms with van der Waals surface area (Å²) in [5.41, 5.74) is 2.00. The Labute approximate surface area is 201 Å². The number of aliphatic hydroxyl groups is 1. The predicted octanol–water partition coefficient (Wildman–Crippen LogP) is 2.79. The first-order chi connectivity index (χ1) is 16.3. The molecular formula is C22H24N6O4S2. The molecule has 1 saturated heterocycles. The van der Waals surface area contributed by atoms with Crippen LogP contribution in [0.4, 0.5) is 28.8 Å². The quantitative estimate of drug-likeness (QED) is 0.561. The Morgan fingerprint density at radius 3 is 2.47 bits per heavy atom. The summed E-state index contributed by atoms with van der Waals surface area (Å²) >= 11 is 1.38. The second-order valence-corrected chi connectivity index (χ2v) is 11.1. The average molecular weight is 501 g/mol. The van der Waals surface area contributed by atoms with Crippen LogP contribution in [0.25, 0.3) is 0 Å². The Hall–Kier alpha value is -3.06. The van der Waals surface area contributed by atoms with E-state index in [9.17, 15) is 18.3 Å². The molecule has 2 aliphatic rings. The first-order valence-electron chi connectivity index (χ1n) is 10.8. The molecule has 0 unspecified atom stereocenters. The van der Waals surface area contributed by atoms with Gasteiger partial charge in [0.15, 0.2) is 5.82 Å². The fraction of sp³-hybridized carbons (Fsp3) is 0.318. The highest BCUT2D eigenvalue weighted by Crippen LogP contribution is 2.40. The molecule has 3 aromatic rings. The van der Waals surface area contributed by atoms with Crippen LogP contribution in [-0.2, 0) is 10.0 Å². The van der Waals surface area contributed by atoms with Gasteiger partial charge in [0.25, 0.3) is 5.91 Å². The van der Waals surface area contributed by atoms with Crippen molar-refractivity contribution in [3.8, 4) is 0 Å². The summed E-state index contributed by atoms with van der Waals surface area (Å²) < 4.78 is 27.2. The lowest BCUT2D eigenvalue weighted by atomic mass is 10.1. The van der Waals surface area contributed by atoms with Crippen LogP contribution < -0.4 is 15.1 Å². The number of benzene rings is 1. The number of fused-ring (bicyclic) bond motifs is 2. The topological polar surface area (TPSA) is 119 Å². The molecule has 0 spiro atoms. The number of sulfonamides is 1. The van der Waals surface area contributed by atoms with Gasteiger partial charge in [-0.25, -0.2) is 13.4 Å². The van der Waals surface area contributed by atoms with E-state index in [4.69, 9.17) is 0 Å². The lowest BCUT2D eigenvalue weighted by Gasteiger charge is -2.28. The van der Waals surface area contributed by atoms with Crippen LogP contribution in [0.3, 0.4) is 0 Å². The molecule has 0 aliphatic carbocycles. The average Bonchev–Trinajstić information content (AvgIpc) is 3.31. The van der Waals surface area contributed by atoms with Crippen molar-refractivity contribution in [2.75, 3.05) is 42.3 Å². The number of aromatic nitrogens is 2. The largest absolute Gasteiger partial charge is 0.393 e. The molecule has 178 valence electrons. The first-order valence-corrected chi connectivity index (χ1v) is 13.1. The van der Waals surface area contributed by atoms with E-state index in [1.165, 1.54) is 20.5 Å². The van der Waals surface area contributed by atoms with Gasteiger partial charge in [0, 0.05) is 32.9 Å². The van der Waals surface area contributed by atoms with Gasteiger partial charge in [-0.3, -0.25) is 4.79 Å². The highest BCUT2D eigenvalue weighted by molar-refractivity contribution is 7.89. The molecular weight excluding hydrogens is 476 g/mol. The van der Waals surface area contributed by atoms with E-state index >= 15 is 0 Å². The Morgan fingerprint density at radius 1 is 1.06 bits per heavy atom. The Morgan fingerprint density at radius 2 is 1.76 bits per heavy atom. The molecule has 2 N–H and O–H groups in total. The molecule has 1 aromatic carbocycles. The van der Waals surface area contributed by atoms with Crippen LogP contribution in [0.5, 0.6) is 0 Å². The summed E-state index contributed by atoms with van der Waals surface area (Å²) in [5, 5.41) is 14.6. The highest BCUT2D eigenvalue weighted by Gasteiger charge is 2.31. The summed E-state index contributed by atoms with van der Waals surface area (Å²) in [4.78, 5) is 26.0. The third-order valence-electron chi connectivity index (χ3n) is 6.11. The third kappa shape index (κ3) is 3.92. The van der Waals surface area contributed by atoms with Crippen LogP contribution in [0.1, 0.15) is 22.5 Å². The van der Waals surface area contributed by atoms with Gasteiger partial charge in [-0.2, -0.15) is 9.29 Å². The van der Waals surface area contributed by atoms with E-state index in [-0.39, 0.29) is 10.8 Å². The van der Waals surface area contributed by atoms with Crippen molar-refractivity contribution in [2.45, 2.75) is 23.8 Å². The van der Waals surface area contributed by atoms with Crippen molar-refractivity contribution < 1.29 is 18.3 Å². The molecule has 1 fully saturated rings. The molecule has 2 aliphatic heterocycles. The van der Waals surface area contributed by atoms with Gasteiger partial charge in [-0.1, -0.05) is 0 Å². The number of carbonyl (C=O) groups is 1. The van der Waals surface area contributed by atoms with Crippen molar-refractivity contribution in [2.24, 2.45) is 0 Å². The SMILES string of the molecule is CN1C(=O)c2sccc2N(C)c2nc(Nc3ccc(S(=O)(=O)N4CCC(O)CC4)cc3)ncc21. The lowest BCUT2D eigenvalue weighted by molar-refractivity contribution is 0.0997. The van der Waals surface area contributed by atoms with Crippen molar-refractivity contribution in [1.29, 1.82) is 0 Å². The van der Waals surface area contributed by atoms with E-state index in [1.54, 1.807) is 37.5 Å². The number of rotatable bonds is 4. The van der Waals surface area contributed by atoms with Crippen LogP contribution in [-0.4, -0.2) is 67.0 Å². The maximum atomic E-state index is 12.9. The number of nitrogens with zero attached hydrogens (tertiary/aromatic N) is 5. The molecule has 10 nitrogen and oxygen atoms in total. The molecule has 0 radical (unpaired) electrons. The summed E-state index contributed by atoms with van der Waals surface area (Å²) in [7, 11) is -0.0617. The van der Waals surface area contributed by atoms with Gasteiger partial charge < -0.3 is 20.2 Å². The molecule has 0 saturated carbocycles. The fourth-order valence-corrected chi connectivity index (χ4v) is 6.45. The van der Waals surface area contributed by atoms with E-state index in [1.807, 2.05) is 23.4 Å². The normalized spacial score (nSPS) is 17.3. The maximum absolute atomic E-state index is 12.9. The standard InChI is InChI=1S/C22H24N6O4S2/c1-26-17-9-12-33-19(17)21(30)27(2)18-13-23-22(25-20(18)26)24-14-3-5-16(6-4-14)34(31,32)28-10-7-15(29)8-11-28/h3-6,9,12-13,15,29H,7-8,10-11H2,1-2H3,(H,23,24,25). The fourth-order valence-electron chi connectivity index (χ4n) is 4.08. The van der Waals surface area contributed by atoms with Crippen molar-refractivity contribution in [3.63, 3.8) is 0 Å². The molecule has 12 heteroatoms. The van der Waals surface area contributed by atoms with Gasteiger partial charge in [-0.15, -0.1) is 11.3 Å². The van der Waals surface area contributed by atoms with E-state index in [0.717, 1.165) is 5.69 Å². The first kappa shape index (κ1) is 22.7. The summed E-state index contributed by atoms with van der Waals surface area (Å²) in [6.45, 7) is 0.617. The molecule has 34 heavy (non-hydrogen) atoms. The van der Waals surface area contributed by atoms with E-state index < -0.39 is 16.1 Å². The Bertz CT molecular complexity index is 1330. The van der Waals surface area contributed by atoms with Gasteiger partial charge in [0.05, 0.1) is 22.9 Å². The van der Waals surface area contributed by atoms with Gasteiger partial charge in [0.2, 0.25) is 16.0 Å². The smallest absolute Gasteiger partial charge is 0.270 e. The number of carbonyl (C=O) groups excluding carboxylic acids is 1. The van der Waals surface area contributed by atoms with Crippen LogP contribution in [0.15, 0.2) is 46.8 Å². The summed E-state index contributed by atoms with van der Waals surface area (Å²) in [5.74, 6) is 0.794. The lowest BCUT2D eigenvalue weighted by Crippen LogP contribution is -2.39. The number of amides is 1. The van der Waals surface area contributed by atoms with Crippen LogP contribution in [0, 0.1) is 0 Å². The minimum absolute atomic E-state index is 0.111. The maximum Gasteiger partial charge on any atom is 0.270 e. The third-order valence-corrected chi connectivity index (χ3v) is 8.91. The monoisotopic (exact) mass is 500 g/mol. The number of piperidine rings is 1. The van der Waals surface area contributed by atoms with Gasteiger partial charge in [0.1, 0.15) is 10.6 Å². The van der Waals surface area contributed by atoms with Gasteiger partial charge in [-0.05, 0) is 48.6 Å². The number of thiophene rings is 1. The molecule has 1 amide bonds. The van der Waals surface area contributed by atoms with Crippen LogP contribution in [0.2, 0.25) is 0 Å². The van der Waals surface area contributed by atoms with E-state index in [2.05, 4.69) is 15.3 Å². The zero-order valence-corrected chi connectivity index (χ0v) is 20.3. The van der Waals surface area contributed by atoms with E-state index in [0.29, 0.717) is 53.9 Å². The van der Waals surface area contributed by atoms with Crippen molar-refractivity contribution in [3.05, 3.63) is 46.8 Å². The number of nitrogens with one attached hydrogen (secondary N) is 1. The summed E-state index contributed by atoms with van der Waals surface area (Å²) in [6, 6.07) is 8.30. The Kier molecular flexibility index (Phi) is 5.76. The number of aliphatic hydroxyl groups excluding tert-OH is 1. The minimum Gasteiger partial charge on any atom is -0.393 e. The summed E-state index contributed by atoms with van der Waals surface area (Å²) in [6.07, 6.45) is 2.04. The second-order valence-electron chi connectivity index (χ2n) is 8.25. The zero-order chi connectivity index (χ0) is 24.0. The molecule has 2 aromatic heterocycles. The molecule has 5 rings (SSSR count). The van der Waals surface area contributed by atoms with Gasteiger partial charge >= 0.3 is 0 Å². The minimum atomic E-state index is -3.61. The predicted molar refractivity (Wildman–Crippen MR) is 131 cm³/mol. The van der Waals surface area contributed by atoms with Crippen LogP contribution >= 0.6 is 11.3 Å². The number of anilines is 5. The molecule has 0 bridgehead atoms. The zero-order valence-electron chi connectivity index (χ0n) is 18.7. The number of hydrogen-bond donors (Lipinski definition) is 2. The second kappa shape index (κ2) is 8.62. The number of hydrogen-bond acceptors (Lipinski definition) is 9. The highest BCUT2D eigenvalue weighted by atomic mass is 32.2. The van der Waals surface area contributed by atoms with Crippen molar-refractivity contribution in [1.82, 2.24) is 14.3 Å². The molecule has 0 atom stereocenters. The van der Waals surface area contributed by atoms with Crippen molar-refractivity contribution >= 4 is 56.1 Å².